The minimum atomic E-state index is -3.81. The monoisotopic (exact) mass is 339 g/mol. The molecule has 124 valence electrons. The van der Waals surface area contributed by atoms with Gasteiger partial charge in [-0.2, -0.15) is 4.98 Å². The lowest BCUT2D eigenvalue weighted by Crippen LogP contribution is -2.24. The van der Waals surface area contributed by atoms with E-state index in [9.17, 15) is 8.42 Å². The van der Waals surface area contributed by atoms with Crippen LogP contribution in [0.2, 0.25) is 0 Å². The summed E-state index contributed by atoms with van der Waals surface area (Å²) in [4.78, 5) is 4.17. The van der Waals surface area contributed by atoms with Crippen molar-refractivity contribution in [2.75, 3.05) is 14.2 Å². The van der Waals surface area contributed by atoms with Crippen molar-refractivity contribution < 1.29 is 22.4 Å². The first-order chi connectivity index (χ1) is 11.0. The van der Waals surface area contributed by atoms with Crippen LogP contribution >= 0.6 is 0 Å². The van der Waals surface area contributed by atoms with Gasteiger partial charge in [-0.25, -0.2) is 13.1 Å². The third-order valence-electron chi connectivity index (χ3n) is 3.50. The van der Waals surface area contributed by atoms with Crippen molar-refractivity contribution in [3.63, 3.8) is 0 Å². The number of rotatable bonds is 7. The molecule has 0 unspecified atom stereocenters. The van der Waals surface area contributed by atoms with Crippen LogP contribution in [0.4, 0.5) is 0 Å². The highest BCUT2D eigenvalue weighted by molar-refractivity contribution is 7.89. The molecule has 0 aliphatic heterocycles. The van der Waals surface area contributed by atoms with E-state index in [0.717, 1.165) is 12.8 Å². The van der Waals surface area contributed by atoms with Gasteiger partial charge < -0.3 is 14.0 Å². The molecule has 1 saturated carbocycles. The van der Waals surface area contributed by atoms with Crippen molar-refractivity contribution in [1.82, 2.24) is 14.9 Å². The van der Waals surface area contributed by atoms with Crippen LogP contribution in [0.3, 0.4) is 0 Å². The maximum absolute atomic E-state index is 12.5. The van der Waals surface area contributed by atoms with E-state index < -0.39 is 10.0 Å². The first-order valence-electron chi connectivity index (χ1n) is 7.07. The SMILES string of the molecule is COc1ccc(OC)c(S(=O)(=O)NCc2nc(C3CC3)no2)c1. The molecule has 3 rings (SSSR count). The van der Waals surface area contributed by atoms with Gasteiger partial charge in [0.15, 0.2) is 5.82 Å². The number of ether oxygens (including phenoxy) is 2. The average molecular weight is 339 g/mol. The summed E-state index contributed by atoms with van der Waals surface area (Å²) in [7, 11) is -0.947. The minimum Gasteiger partial charge on any atom is -0.497 e. The standard InChI is InChI=1S/C14H17N3O5S/c1-20-10-5-6-11(21-2)12(7-10)23(18,19)15-8-13-16-14(17-22-13)9-3-4-9/h5-7,9,15H,3-4,8H2,1-2H3. The Morgan fingerprint density at radius 3 is 2.74 bits per heavy atom. The Morgan fingerprint density at radius 2 is 2.09 bits per heavy atom. The molecule has 0 atom stereocenters. The fourth-order valence-corrected chi connectivity index (χ4v) is 3.23. The topological polar surface area (TPSA) is 104 Å². The first kappa shape index (κ1) is 15.8. The number of nitrogens with zero attached hydrogens (tertiary/aromatic N) is 2. The molecule has 1 aliphatic carbocycles. The minimum absolute atomic E-state index is 0.0127. The third-order valence-corrected chi connectivity index (χ3v) is 4.92. The molecule has 9 heteroatoms. The summed E-state index contributed by atoms with van der Waals surface area (Å²) >= 11 is 0. The van der Waals surface area contributed by atoms with Crippen molar-refractivity contribution in [3.05, 3.63) is 29.9 Å². The second-order valence-electron chi connectivity index (χ2n) is 5.16. The fraction of sp³-hybridized carbons (Fsp3) is 0.429. The molecule has 2 aromatic rings. The van der Waals surface area contributed by atoms with Crippen molar-refractivity contribution in [3.8, 4) is 11.5 Å². The highest BCUT2D eigenvalue weighted by atomic mass is 32.2. The Bertz CT molecular complexity index is 798. The van der Waals surface area contributed by atoms with Gasteiger partial charge in [0.05, 0.1) is 20.8 Å². The van der Waals surface area contributed by atoms with E-state index in [0.29, 0.717) is 17.5 Å². The Balaban J connectivity index is 1.77. The zero-order chi connectivity index (χ0) is 16.4. The summed E-state index contributed by atoms with van der Waals surface area (Å²) in [5.74, 6) is 1.86. The van der Waals surface area contributed by atoms with Crippen LogP contribution in [0.1, 0.15) is 30.5 Å². The van der Waals surface area contributed by atoms with E-state index in [1.807, 2.05) is 0 Å². The molecule has 1 aromatic carbocycles. The number of hydrogen-bond acceptors (Lipinski definition) is 7. The highest BCUT2D eigenvalue weighted by Gasteiger charge is 2.29. The number of sulfonamides is 1. The number of nitrogens with one attached hydrogen (secondary N) is 1. The molecular weight excluding hydrogens is 322 g/mol. The summed E-state index contributed by atoms with van der Waals surface area (Å²) in [6.07, 6.45) is 2.09. The summed E-state index contributed by atoms with van der Waals surface area (Å²) in [5.41, 5.74) is 0. The van der Waals surface area contributed by atoms with Crippen LogP contribution in [0, 0.1) is 0 Å². The Kier molecular flexibility index (Phi) is 4.22. The summed E-state index contributed by atoms with van der Waals surface area (Å²) in [6, 6.07) is 4.55. The molecule has 1 N–H and O–H groups in total. The molecule has 1 aromatic heterocycles. The van der Waals surface area contributed by atoms with Crippen LogP contribution in [0.25, 0.3) is 0 Å². The predicted molar refractivity (Wildman–Crippen MR) is 79.8 cm³/mol. The Morgan fingerprint density at radius 1 is 1.30 bits per heavy atom. The molecule has 1 aliphatic rings. The average Bonchev–Trinajstić information content (AvgIpc) is 3.31. The molecular formula is C14H17N3O5S. The quantitative estimate of drug-likeness (QED) is 0.814. The van der Waals surface area contributed by atoms with E-state index in [4.69, 9.17) is 14.0 Å². The zero-order valence-corrected chi connectivity index (χ0v) is 13.6. The normalized spacial score (nSPS) is 14.7. The number of methoxy groups -OCH3 is 2. The van der Waals surface area contributed by atoms with Crippen LogP contribution < -0.4 is 14.2 Å². The van der Waals surface area contributed by atoms with Gasteiger partial charge in [-0.05, 0) is 25.0 Å². The van der Waals surface area contributed by atoms with Crippen molar-refractivity contribution in [1.29, 1.82) is 0 Å². The maximum atomic E-state index is 12.5. The molecule has 0 amide bonds. The Hall–Kier alpha value is -2.13. The predicted octanol–water partition coefficient (Wildman–Crippen LogP) is 1.44. The molecule has 0 radical (unpaired) electrons. The van der Waals surface area contributed by atoms with E-state index in [1.165, 1.54) is 26.4 Å². The molecule has 1 fully saturated rings. The van der Waals surface area contributed by atoms with Gasteiger partial charge in [0, 0.05) is 12.0 Å². The van der Waals surface area contributed by atoms with Crippen LogP contribution in [0.15, 0.2) is 27.6 Å². The summed E-state index contributed by atoms with van der Waals surface area (Å²) < 4.78 is 42.6. The lowest BCUT2D eigenvalue weighted by atomic mass is 10.3. The number of aromatic nitrogens is 2. The van der Waals surface area contributed by atoms with E-state index >= 15 is 0 Å². The van der Waals surface area contributed by atoms with E-state index in [2.05, 4.69) is 14.9 Å². The zero-order valence-electron chi connectivity index (χ0n) is 12.8. The molecule has 8 nitrogen and oxygen atoms in total. The van der Waals surface area contributed by atoms with Crippen molar-refractivity contribution in [2.24, 2.45) is 0 Å². The molecule has 23 heavy (non-hydrogen) atoms. The van der Waals surface area contributed by atoms with E-state index in [-0.39, 0.29) is 23.1 Å². The summed E-state index contributed by atoms with van der Waals surface area (Å²) in [6.45, 7) is -0.0809. The fourth-order valence-electron chi connectivity index (χ4n) is 2.08. The molecule has 0 bridgehead atoms. The molecule has 1 heterocycles. The number of hydrogen-bond donors (Lipinski definition) is 1. The van der Waals surface area contributed by atoms with Crippen LogP contribution in [0.5, 0.6) is 11.5 Å². The lowest BCUT2D eigenvalue weighted by molar-refractivity contribution is 0.369. The maximum Gasteiger partial charge on any atom is 0.244 e. The lowest BCUT2D eigenvalue weighted by Gasteiger charge is -2.11. The highest BCUT2D eigenvalue weighted by Crippen LogP contribution is 2.38. The van der Waals surface area contributed by atoms with Gasteiger partial charge in [-0.15, -0.1) is 0 Å². The van der Waals surface area contributed by atoms with Crippen LogP contribution in [-0.2, 0) is 16.6 Å². The second-order valence-corrected chi connectivity index (χ2v) is 6.90. The third kappa shape index (κ3) is 3.45. The van der Waals surface area contributed by atoms with Crippen LogP contribution in [-0.4, -0.2) is 32.8 Å². The molecule has 0 spiro atoms. The summed E-state index contributed by atoms with van der Waals surface area (Å²) in [5, 5.41) is 3.85. The Labute approximate surface area is 133 Å². The van der Waals surface area contributed by atoms with E-state index in [1.54, 1.807) is 6.07 Å². The van der Waals surface area contributed by atoms with Gasteiger partial charge in [0.1, 0.15) is 16.4 Å². The van der Waals surface area contributed by atoms with Gasteiger partial charge in [0.2, 0.25) is 15.9 Å². The van der Waals surface area contributed by atoms with Gasteiger partial charge in [0.25, 0.3) is 0 Å². The van der Waals surface area contributed by atoms with Crippen molar-refractivity contribution in [2.45, 2.75) is 30.2 Å². The second kappa shape index (κ2) is 6.17. The van der Waals surface area contributed by atoms with Gasteiger partial charge >= 0.3 is 0 Å². The van der Waals surface area contributed by atoms with Gasteiger partial charge in [-0.3, -0.25) is 0 Å². The van der Waals surface area contributed by atoms with Crippen molar-refractivity contribution >= 4 is 10.0 Å². The smallest absolute Gasteiger partial charge is 0.244 e. The first-order valence-corrected chi connectivity index (χ1v) is 8.56. The molecule has 0 saturated heterocycles. The van der Waals surface area contributed by atoms with Gasteiger partial charge in [-0.1, -0.05) is 5.16 Å². The number of benzene rings is 1. The largest absolute Gasteiger partial charge is 0.497 e.